The standard InChI is InChI=1S/C30H31F3N8/c1-18-23(5-4-6-26(18)41-13-11-40(3)12-14-41)35-19(2)27-28-25(38-39-27)10-9-24(37-28)21-15-22(17-34-16-21)36-29(20-7-8-20)30(31,32)33/h4-6,9-10,15-17,35-36H,2,7-8,11-14H2,1,3H3,(H,38,39). The lowest BCUT2D eigenvalue weighted by Crippen LogP contribution is -2.44. The van der Waals surface area contributed by atoms with E-state index in [0.717, 1.165) is 42.9 Å². The number of hydrogen-bond donors (Lipinski definition) is 3. The van der Waals surface area contributed by atoms with Gasteiger partial charge in [-0.3, -0.25) is 10.1 Å². The van der Waals surface area contributed by atoms with E-state index in [-0.39, 0.29) is 5.69 Å². The lowest BCUT2D eigenvalue weighted by Gasteiger charge is -2.35. The molecule has 1 aliphatic heterocycles. The summed E-state index contributed by atoms with van der Waals surface area (Å²) in [5.74, 6) is 0. The Balaban J connectivity index is 1.25. The van der Waals surface area contributed by atoms with Gasteiger partial charge in [-0.15, -0.1) is 0 Å². The molecule has 2 fully saturated rings. The topological polar surface area (TPSA) is 85.0 Å². The fourth-order valence-corrected chi connectivity index (χ4v) is 5.11. The van der Waals surface area contributed by atoms with Gasteiger partial charge < -0.3 is 20.4 Å². The number of alkyl halides is 3. The first-order chi connectivity index (χ1) is 19.7. The molecule has 1 aliphatic carbocycles. The first-order valence-corrected chi connectivity index (χ1v) is 13.5. The largest absolute Gasteiger partial charge is 0.431 e. The van der Waals surface area contributed by atoms with Crippen LogP contribution in [0.15, 0.2) is 66.6 Å². The van der Waals surface area contributed by atoms with Crippen LogP contribution in [0.1, 0.15) is 24.1 Å². The quantitative estimate of drug-likeness (QED) is 0.249. The summed E-state index contributed by atoms with van der Waals surface area (Å²) in [6, 6.07) is 11.4. The average Bonchev–Trinajstić information content (AvgIpc) is 3.70. The third-order valence-electron chi connectivity index (χ3n) is 7.57. The molecule has 2 aliphatic rings. The molecule has 0 atom stereocenters. The molecule has 41 heavy (non-hydrogen) atoms. The highest BCUT2D eigenvalue weighted by Gasteiger charge is 2.39. The van der Waals surface area contributed by atoms with Crippen molar-refractivity contribution in [3.05, 3.63) is 77.9 Å². The van der Waals surface area contributed by atoms with Gasteiger partial charge in [-0.05, 0) is 68.3 Å². The van der Waals surface area contributed by atoms with Crippen LogP contribution in [0.4, 0.5) is 30.2 Å². The number of nitrogens with one attached hydrogen (secondary N) is 3. The summed E-state index contributed by atoms with van der Waals surface area (Å²) in [6.45, 7) is 10.3. The van der Waals surface area contributed by atoms with E-state index in [2.05, 4.69) is 62.2 Å². The molecule has 0 bridgehead atoms. The van der Waals surface area contributed by atoms with Gasteiger partial charge in [0.2, 0.25) is 0 Å². The maximum Gasteiger partial charge on any atom is 0.431 e. The second-order valence-corrected chi connectivity index (χ2v) is 10.6. The molecule has 4 aromatic rings. The zero-order valence-corrected chi connectivity index (χ0v) is 22.9. The SMILES string of the molecule is C=C(Nc1cccc(N2CCN(C)CC2)c1C)c1n[nH]c2ccc(-c3cncc(NC(=C4CC4)C(F)(F)F)c3)nc12. The zero-order chi connectivity index (χ0) is 28.7. The molecule has 0 unspecified atom stereocenters. The maximum absolute atomic E-state index is 13.5. The number of anilines is 3. The van der Waals surface area contributed by atoms with Gasteiger partial charge in [0, 0.05) is 49.3 Å². The number of aromatic nitrogens is 4. The van der Waals surface area contributed by atoms with E-state index in [1.165, 1.54) is 11.9 Å². The summed E-state index contributed by atoms with van der Waals surface area (Å²) in [5.41, 5.74) is 6.79. The summed E-state index contributed by atoms with van der Waals surface area (Å²) >= 11 is 0. The average molecular weight is 561 g/mol. The van der Waals surface area contributed by atoms with Crippen LogP contribution in [0.2, 0.25) is 0 Å². The molecule has 4 heterocycles. The zero-order valence-electron chi connectivity index (χ0n) is 22.9. The Labute approximate surface area is 236 Å². The van der Waals surface area contributed by atoms with E-state index < -0.39 is 11.9 Å². The van der Waals surface area contributed by atoms with Crippen molar-refractivity contribution in [2.24, 2.45) is 0 Å². The highest BCUT2D eigenvalue weighted by atomic mass is 19.4. The number of likely N-dealkylation sites (N-methyl/N-ethyl adjacent to an activating group) is 1. The van der Waals surface area contributed by atoms with Crippen molar-refractivity contribution in [2.75, 3.05) is 48.8 Å². The molecule has 212 valence electrons. The van der Waals surface area contributed by atoms with Crippen LogP contribution in [0, 0.1) is 6.92 Å². The van der Waals surface area contributed by atoms with E-state index in [9.17, 15) is 13.2 Å². The fourth-order valence-electron chi connectivity index (χ4n) is 5.11. The molecule has 0 spiro atoms. The van der Waals surface area contributed by atoms with Gasteiger partial charge in [-0.25, -0.2) is 4.98 Å². The lowest BCUT2D eigenvalue weighted by atomic mass is 10.1. The van der Waals surface area contributed by atoms with Gasteiger partial charge in [0.25, 0.3) is 0 Å². The summed E-state index contributed by atoms with van der Waals surface area (Å²) in [7, 11) is 2.14. The molecule has 11 heteroatoms. The molecular formula is C30H31F3N8. The number of allylic oxidation sites excluding steroid dienone is 2. The lowest BCUT2D eigenvalue weighted by molar-refractivity contribution is -0.0906. The van der Waals surface area contributed by atoms with E-state index in [0.29, 0.717) is 46.6 Å². The molecule has 0 amide bonds. The number of H-pyrrole nitrogens is 1. The van der Waals surface area contributed by atoms with Crippen LogP contribution in [0.25, 0.3) is 28.0 Å². The normalized spacial score (nSPS) is 15.7. The van der Waals surface area contributed by atoms with Crippen molar-refractivity contribution >= 4 is 33.8 Å². The molecule has 1 aromatic carbocycles. The van der Waals surface area contributed by atoms with Crippen molar-refractivity contribution < 1.29 is 13.2 Å². The highest BCUT2D eigenvalue weighted by molar-refractivity contribution is 5.91. The number of piperazine rings is 1. The Morgan fingerprint density at radius 3 is 2.54 bits per heavy atom. The van der Waals surface area contributed by atoms with E-state index in [4.69, 9.17) is 4.98 Å². The molecular weight excluding hydrogens is 529 g/mol. The monoisotopic (exact) mass is 560 g/mol. The Hall–Kier alpha value is -4.38. The van der Waals surface area contributed by atoms with Crippen LogP contribution >= 0.6 is 0 Å². The van der Waals surface area contributed by atoms with Gasteiger partial charge in [-0.2, -0.15) is 18.3 Å². The fraction of sp³-hybridized carbons (Fsp3) is 0.300. The number of halogens is 3. The minimum absolute atomic E-state index is 0.255. The predicted octanol–water partition coefficient (Wildman–Crippen LogP) is 6.19. The van der Waals surface area contributed by atoms with Gasteiger partial charge in [0.1, 0.15) is 16.9 Å². The van der Waals surface area contributed by atoms with E-state index >= 15 is 0 Å². The number of hydrogen-bond acceptors (Lipinski definition) is 7. The van der Waals surface area contributed by atoms with E-state index in [1.807, 2.05) is 18.2 Å². The van der Waals surface area contributed by atoms with Gasteiger partial charge in [-0.1, -0.05) is 12.6 Å². The number of nitrogens with zero attached hydrogens (tertiary/aromatic N) is 5. The molecule has 6 rings (SSSR count). The minimum Gasteiger partial charge on any atom is -0.369 e. The highest BCUT2D eigenvalue weighted by Crippen LogP contribution is 2.40. The van der Waals surface area contributed by atoms with Crippen molar-refractivity contribution in [2.45, 2.75) is 25.9 Å². The van der Waals surface area contributed by atoms with Crippen LogP contribution in [0.5, 0.6) is 0 Å². The number of rotatable bonds is 7. The summed E-state index contributed by atoms with van der Waals surface area (Å²) in [4.78, 5) is 13.7. The molecule has 8 nitrogen and oxygen atoms in total. The Morgan fingerprint density at radius 1 is 1.02 bits per heavy atom. The Bertz CT molecular complexity index is 1640. The Morgan fingerprint density at radius 2 is 1.80 bits per heavy atom. The van der Waals surface area contributed by atoms with Crippen LogP contribution in [-0.2, 0) is 0 Å². The minimum atomic E-state index is -4.44. The van der Waals surface area contributed by atoms with Gasteiger partial charge in [0.05, 0.1) is 28.8 Å². The molecule has 3 aromatic heterocycles. The van der Waals surface area contributed by atoms with E-state index in [1.54, 1.807) is 18.3 Å². The number of fused-ring (bicyclic) bond motifs is 1. The first-order valence-electron chi connectivity index (χ1n) is 13.5. The number of benzene rings is 1. The second kappa shape index (κ2) is 10.5. The molecule has 0 radical (unpaired) electrons. The number of pyridine rings is 2. The Kier molecular flexibility index (Phi) is 6.90. The maximum atomic E-state index is 13.5. The summed E-state index contributed by atoms with van der Waals surface area (Å²) in [5, 5.41) is 13.4. The molecule has 1 saturated heterocycles. The van der Waals surface area contributed by atoms with Crippen molar-refractivity contribution in [3.8, 4) is 11.3 Å². The third-order valence-corrected chi connectivity index (χ3v) is 7.57. The summed E-state index contributed by atoms with van der Waals surface area (Å²) in [6.07, 6.45) is -0.580. The van der Waals surface area contributed by atoms with Gasteiger partial charge in [0.15, 0.2) is 0 Å². The smallest absolute Gasteiger partial charge is 0.369 e. The van der Waals surface area contributed by atoms with Crippen LogP contribution in [-0.4, -0.2) is 64.5 Å². The first kappa shape index (κ1) is 26.8. The second-order valence-electron chi connectivity index (χ2n) is 10.6. The van der Waals surface area contributed by atoms with Gasteiger partial charge >= 0.3 is 6.18 Å². The molecule has 3 N–H and O–H groups in total. The number of aromatic amines is 1. The molecule has 1 saturated carbocycles. The van der Waals surface area contributed by atoms with Crippen molar-refractivity contribution in [1.82, 2.24) is 25.1 Å². The van der Waals surface area contributed by atoms with Crippen LogP contribution in [0.3, 0.4) is 0 Å². The predicted molar refractivity (Wildman–Crippen MR) is 157 cm³/mol. The van der Waals surface area contributed by atoms with Crippen molar-refractivity contribution in [3.63, 3.8) is 0 Å². The van der Waals surface area contributed by atoms with Crippen molar-refractivity contribution in [1.29, 1.82) is 0 Å². The third kappa shape index (κ3) is 5.62. The summed E-state index contributed by atoms with van der Waals surface area (Å²) < 4.78 is 40.5. The van der Waals surface area contributed by atoms with Crippen LogP contribution < -0.4 is 15.5 Å².